The zero-order chi connectivity index (χ0) is 22.3. The molecule has 5 heterocycles. The van der Waals surface area contributed by atoms with E-state index in [0.717, 1.165) is 11.8 Å². The first kappa shape index (κ1) is 22.8. The van der Waals surface area contributed by atoms with Gasteiger partial charge < -0.3 is 15.0 Å². The van der Waals surface area contributed by atoms with Crippen LogP contribution in [0.25, 0.3) is 33.9 Å². The zero-order valence-corrected chi connectivity index (χ0v) is 19.8. The van der Waals surface area contributed by atoms with E-state index in [-0.39, 0.29) is 26.6 Å². The number of hydrogen-bond donors (Lipinski definition) is 0. The first-order valence-electron chi connectivity index (χ1n) is 9.87. The predicted molar refractivity (Wildman–Crippen MR) is 114 cm³/mol. The van der Waals surface area contributed by atoms with Crippen LogP contribution in [0.1, 0.15) is 25.2 Å². The van der Waals surface area contributed by atoms with Gasteiger partial charge in [-0.2, -0.15) is 0 Å². The van der Waals surface area contributed by atoms with Crippen molar-refractivity contribution in [3.63, 3.8) is 0 Å². The van der Waals surface area contributed by atoms with Crippen molar-refractivity contribution in [1.82, 2.24) is 29.9 Å². The third-order valence-electron chi connectivity index (χ3n) is 5.22. The summed E-state index contributed by atoms with van der Waals surface area (Å²) >= 11 is 0. The normalized spacial score (nSPS) is 11.4. The molecule has 0 spiro atoms. The fraction of sp³-hybridized carbons (Fsp3) is 0.125. The fourth-order valence-electron chi connectivity index (χ4n) is 3.43. The van der Waals surface area contributed by atoms with Gasteiger partial charge in [-0.3, -0.25) is 15.0 Å². The molecule has 0 amide bonds. The Kier molecular flexibility index (Phi) is 6.13. The molecular formula is C24H16F2N6Pt. The minimum Gasteiger partial charge on any atom is -0.433 e. The van der Waals surface area contributed by atoms with E-state index in [2.05, 4.69) is 31.0 Å². The van der Waals surface area contributed by atoms with Crippen molar-refractivity contribution < 1.29 is 29.8 Å². The van der Waals surface area contributed by atoms with Gasteiger partial charge in [0, 0.05) is 17.3 Å². The van der Waals surface area contributed by atoms with Gasteiger partial charge in [-0.25, -0.2) is 8.78 Å². The van der Waals surface area contributed by atoms with Crippen LogP contribution < -0.4 is 4.98 Å². The molecule has 5 aromatic rings. The van der Waals surface area contributed by atoms with Gasteiger partial charge in [0.25, 0.3) is 0 Å². The molecular weight excluding hydrogens is 605 g/mol. The molecule has 0 aliphatic rings. The maximum absolute atomic E-state index is 14.2. The molecule has 5 rings (SSSR count). The van der Waals surface area contributed by atoms with Gasteiger partial charge in [0.1, 0.15) is 11.9 Å². The van der Waals surface area contributed by atoms with Crippen molar-refractivity contribution in [3.05, 3.63) is 90.1 Å². The molecule has 33 heavy (non-hydrogen) atoms. The molecule has 0 aliphatic heterocycles. The second kappa shape index (κ2) is 8.87. The minimum atomic E-state index is -0.957. The van der Waals surface area contributed by atoms with Crippen LogP contribution in [0.3, 0.4) is 0 Å². The molecule has 0 aromatic carbocycles. The monoisotopic (exact) mass is 621 g/mol. The average Bonchev–Trinajstić information content (AvgIpc) is 3.24. The van der Waals surface area contributed by atoms with Crippen LogP contribution >= 0.6 is 0 Å². The van der Waals surface area contributed by atoms with Crippen LogP contribution in [-0.2, 0) is 26.5 Å². The molecule has 0 atom stereocenters. The molecule has 166 valence electrons. The molecule has 0 N–H and O–H groups in total. The van der Waals surface area contributed by atoms with Gasteiger partial charge in [-0.1, -0.05) is 35.9 Å². The van der Waals surface area contributed by atoms with E-state index >= 15 is 0 Å². The number of imidazole rings is 1. The van der Waals surface area contributed by atoms with Crippen molar-refractivity contribution in [2.45, 2.75) is 19.3 Å². The summed E-state index contributed by atoms with van der Waals surface area (Å²) < 4.78 is 27.3. The van der Waals surface area contributed by atoms with Crippen LogP contribution in [0, 0.1) is 18.0 Å². The fourth-order valence-corrected chi connectivity index (χ4v) is 3.43. The average molecular weight is 622 g/mol. The number of aromatic nitrogens is 6. The minimum absolute atomic E-state index is 0. The van der Waals surface area contributed by atoms with E-state index in [4.69, 9.17) is 4.98 Å². The molecule has 0 unspecified atom stereocenters. The second-order valence-electron chi connectivity index (χ2n) is 7.72. The van der Waals surface area contributed by atoms with Gasteiger partial charge in [-0.05, 0) is 55.1 Å². The topological polar surface area (TPSA) is 78.5 Å². The van der Waals surface area contributed by atoms with Crippen molar-refractivity contribution >= 4 is 11.2 Å². The summed E-state index contributed by atoms with van der Waals surface area (Å²) in [6, 6.07) is 18.1. The summed E-state index contributed by atoms with van der Waals surface area (Å²) in [5.74, 6) is -1.39. The quantitative estimate of drug-likeness (QED) is 0.217. The molecule has 9 heteroatoms. The summed E-state index contributed by atoms with van der Waals surface area (Å²) in [7, 11) is 0. The van der Waals surface area contributed by atoms with Crippen molar-refractivity contribution in [2.75, 3.05) is 0 Å². The smallest absolute Gasteiger partial charge is 0.433 e. The van der Waals surface area contributed by atoms with E-state index in [1.54, 1.807) is 18.3 Å². The molecule has 0 fully saturated rings. The van der Waals surface area contributed by atoms with Crippen molar-refractivity contribution in [1.29, 1.82) is 0 Å². The third-order valence-corrected chi connectivity index (χ3v) is 5.22. The Morgan fingerprint density at radius 1 is 0.848 bits per heavy atom. The Balaban J connectivity index is 0.00000259. The van der Waals surface area contributed by atoms with Gasteiger partial charge >= 0.3 is 21.1 Å². The Morgan fingerprint density at radius 3 is 2.24 bits per heavy atom. The summed E-state index contributed by atoms with van der Waals surface area (Å²) in [5.41, 5.74) is 2.98. The van der Waals surface area contributed by atoms with E-state index in [1.807, 2.05) is 50.2 Å². The standard InChI is InChI=1S/C24H16F2N6.Pt/c1-24(2,18-9-3-6-15(28-18)14-11-12-20(25)31-21(14)26)19-10-4-7-17(29-19)23-30-16-8-5-13-27-22(16)32-23;/h3-10,12-13H,1-2H3;/q-2;+2. The van der Waals surface area contributed by atoms with E-state index in [9.17, 15) is 8.78 Å². The second-order valence-corrected chi connectivity index (χ2v) is 7.72. The van der Waals surface area contributed by atoms with Gasteiger partial charge in [0.2, 0.25) is 0 Å². The molecule has 0 bridgehead atoms. The van der Waals surface area contributed by atoms with E-state index in [0.29, 0.717) is 34.1 Å². The summed E-state index contributed by atoms with van der Waals surface area (Å²) in [6.45, 7) is 3.94. The predicted octanol–water partition coefficient (Wildman–Crippen LogP) is 4.51. The van der Waals surface area contributed by atoms with Crippen molar-refractivity contribution in [3.8, 4) is 22.8 Å². The van der Waals surface area contributed by atoms with Crippen LogP contribution in [-0.4, -0.2) is 24.9 Å². The molecule has 0 saturated carbocycles. The number of pyridine rings is 4. The van der Waals surface area contributed by atoms with E-state index < -0.39 is 17.3 Å². The molecule has 0 radical (unpaired) electrons. The summed E-state index contributed by atoms with van der Waals surface area (Å²) in [6.07, 6.45) is 1.67. The first-order chi connectivity index (χ1) is 15.4. The number of halogens is 2. The Bertz CT molecular complexity index is 1420. The molecule has 6 nitrogen and oxygen atoms in total. The first-order valence-corrected chi connectivity index (χ1v) is 9.87. The summed E-state index contributed by atoms with van der Waals surface area (Å²) in [5, 5.41) is 0. The Labute approximate surface area is 202 Å². The van der Waals surface area contributed by atoms with Gasteiger partial charge in [-0.15, -0.1) is 6.07 Å². The number of hydrogen-bond acceptors (Lipinski definition) is 5. The summed E-state index contributed by atoms with van der Waals surface area (Å²) in [4.78, 5) is 25.8. The maximum atomic E-state index is 14.2. The van der Waals surface area contributed by atoms with E-state index in [1.165, 1.54) is 0 Å². The Morgan fingerprint density at radius 2 is 1.55 bits per heavy atom. The van der Waals surface area contributed by atoms with Crippen molar-refractivity contribution in [2.24, 2.45) is 0 Å². The molecule has 0 saturated heterocycles. The van der Waals surface area contributed by atoms with Gasteiger partial charge in [0.05, 0.1) is 17.0 Å². The largest absolute Gasteiger partial charge is 2.00 e. The molecule has 5 aromatic heterocycles. The van der Waals surface area contributed by atoms with Crippen LogP contribution in [0.2, 0.25) is 0 Å². The van der Waals surface area contributed by atoms with Crippen LogP contribution in [0.15, 0.2) is 60.8 Å². The van der Waals surface area contributed by atoms with Crippen LogP contribution in [0.5, 0.6) is 0 Å². The number of nitrogens with zero attached hydrogens (tertiary/aromatic N) is 6. The maximum Gasteiger partial charge on any atom is 2.00 e. The Hall–Kier alpha value is -3.38. The molecule has 0 aliphatic carbocycles. The van der Waals surface area contributed by atoms with Gasteiger partial charge in [0.15, 0.2) is 0 Å². The number of rotatable bonds is 4. The zero-order valence-electron chi connectivity index (χ0n) is 17.5. The van der Waals surface area contributed by atoms with Crippen LogP contribution in [0.4, 0.5) is 8.78 Å². The third kappa shape index (κ3) is 4.31. The number of fused-ring (bicyclic) bond motifs is 1. The SMILES string of the molecule is CC(C)(c1cccc(-c2nc3ncccc3[n-]2)n1)c1cccc(-c2[c-]cc(F)nc2F)n1.[Pt+2].